The molecule has 0 aromatic rings. The van der Waals surface area contributed by atoms with Gasteiger partial charge in [0.1, 0.15) is 0 Å². The zero-order valence-corrected chi connectivity index (χ0v) is 7.01. The van der Waals surface area contributed by atoms with Gasteiger partial charge >= 0.3 is 0 Å². The average molecular weight is 155 g/mol. The number of hydrogen-bond donors (Lipinski definition) is 1. The highest BCUT2D eigenvalue weighted by Crippen LogP contribution is 2.42. The molecule has 2 aliphatic rings. The Kier molecular flexibility index (Phi) is 1.90. The highest BCUT2D eigenvalue weighted by atomic mass is 16.5. The van der Waals surface area contributed by atoms with Crippen LogP contribution in [-0.2, 0) is 4.74 Å². The van der Waals surface area contributed by atoms with Crippen molar-refractivity contribution in [2.45, 2.75) is 25.7 Å². The van der Waals surface area contributed by atoms with E-state index in [1.165, 1.54) is 25.7 Å². The molecule has 2 bridgehead atoms. The summed E-state index contributed by atoms with van der Waals surface area (Å²) in [6.45, 7) is 2.73. The summed E-state index contributed by atoms with van der Waals surface area (Å²) in [4.78, 5) is 0. The molecule has 0 aromatic heterocycles. The lowest BCUT2D eigenvalue weighted by Gasteiger charge is -2.44. The fourth-order valence-corrected chi connectivity index (χ4v) is 2.54. The van der Waals surface area contributed by atoms with Crippen LogP contribution in [0.25, 0.3) is 0 Å². The van der Waals surface area contributed by atoms with Crippen molar-refractivity contribution in [3.8, 4) is 0 Å². The molecule has 1 aliphatic heterocycles. The van der Waals surface area contributed by atoms with Crippen molar-refractivity contribution in [2.24, 2.45) is 17.1 Å². The van der Waals surface area contributed by atoms with Gasteiger partial charge in [0.25, 0.3) is 0 Å². The maximum atomic E-state index is 5.76. The second kappa shape index (κ2) is 2.76. The summed E-state index contributed by atoms with van der Waals surface area (Å²) in [5.41, 5.74) is 6.14. The van der Waals surface area contributed by atoms with Crippen LogP contribution < -0.4 is 5.73 Å². The molecule has 11 heavy (non-hydrogen) atoms. The molecule has 2 atom stereocenters. The summed E-state index contributed by atoms with van der Waals surface area (Å²) in [5.74, 6) is 0.820. The van der Waals surface area contributed by atoms with Crippen molar-refractivity contribution < 1.29 is 4.74 Å². The average Bonchev–Trinajstić information content (AvgIpc) is 2.05. The van der Waals surface area contributed by atoms with Gasteiger partial charge < -0.3 is 10.5 Å². The van der Waals surface area contributed by atoms with Gasteiger partial charge in [0.15, 0.2) is 0 Å². The Morgan fingerprint density at radius 3 is 3.18 bits per heavy atom. The van der Waals surface area contributed by atoms with E-state index in [4.69, 9.17) is 10.5 Å². The Hall–Kier alpha value is -0.0800. The minimum atomic E-state index is 0.376. The second-order valence-corrected chi connectivity index (χ2v) is 4.18. The Morgan fingerprint density at radius 2 is 2.45 bits per heavy atom. The molecule has 64 valence electrons. The SMILES string of the molecule is NCC12CCCC(COC1)C2. The molecule has 1 heterocycles. The van der Waals surface area contributed by atoms with Crippen LogP contribution in [0, 0.1) is 11.3 Å². The van der Waals surface area contributed by atoms with Gasteiger partial charge in [-0.25, -0.2) is 0 Å². The summed E-state index contributed by atoms with van der Waals surface area (Å²) in [7, 11) is 0. The molecule has 2 heteroatoms. The summed E-state index contributed by atoms with van der Waals surface area (Å²) < 4.78 is 5.55. The molecule has 2 nitrogen and oxygen atoms in total. The number of rotatable bonds is 1. The third-order valence-electron chi connectivity index (χ3n) is 3.24. The van der Waals surface area contributed by atoms with Crippen LogP contribution in [0.4, 0.5) is 0 Å². The van der Waals surface area contributed by atoms with Crippen molar-refractivity contribution in [2.75, 3.05) is 19.8 Å². The van der Waals surface area contributed by atoms with Gasteiger partial charge in [0, 0.05) is 18.6 Å². The monoisotopic (exact) mass is 155 g/mol. The summed E-state index contributed by atoms with van der Waals surface area (Å²) in [6, 6.07) is 0. The predicted molar refractivity (Wildman–Crippen MR) is 44.3 cm³/mol. The normalized spacial score (nSPS) is 43.9. The first-order valence-corrected chi connectivity index (χ1v) is 4.62. The van der Waals surface area contributed by atoms with E-state index in [9.17, 15) is 0 Å². The first kappa shape index (κ1) is 7.56. The van der Waals surface area contributed by atoms with Gasteiger partial charge in [-0.2, -0.15) is 0 Å². The molecule has 0 spiro atoms. The Labute approximate surface area is 68.1 Å². The Balaban J connectivity index is 2.07. The fourth-order valence-electron chi connectivity index (χ4n) is 2.54. The summed E-state index contributed by atoms with van der Waals surface area (Å²) in [5, 5.41) is 0. The Morgan fingerprint density at radius 1 is 1.55 bits per heavy atom. The van der Waals surface area contributed by atoms with E-state index in [1.807, 2.05) is 0 Å². The maximum absolute atomic E-state index is 5.76. The molecule has 1 saturated carbocycles. The van der Waals surface area contributed by atoms with Crippen LogP contribution in [0.2, 0.25) is 0 Å². The van der Waals surface area contributed by atoms with E-state index in [-0.39, 0.29) is 0 Å². The lowest BCUT2D eigenvalue weighted by Crippen LogP contribution is -2.44. The largest absolute Gasteiger partial charge is 0.381 e. The van der Waals surface area contributed by atoms with Crippen molar-refractivity contribution in [3.05, 3.63) is 0 Å². The van der Waals surface area contributed by atoms with Gasteiger partial charge in [-0.1, -0.05) is 6.42 Å². The lowest BCUT2D eigenvalue weighted by atomic mass is 9.69. The van der Waals surface area contributed by atoms with Gasteiger partial charge in [-0.05, 0) is 25.2 Å². The van der Waals surface area contributed by atoms with Gasteiger partial charge in [0.2, 0.25) is 0 Å². The number of hydrogen-bond acceptors (Lipinski definition) is 2. The molecule has 2 fully saturated rings. The minimum absolute atomic E-state index is 0.376. The third kappa shape index (κ3) is 1.30. The number of fused-ring (bicyclic) bond motifs is 2. The molecule has 2 rings (SSSR count). The standard InChI is InChI=1S/C9H17NO/c10-6-9-3-1-2-8(4-9)5-11-7-9/h8H,1-7,10H2. The van der Waals surface area contributed by atoms with E-state index >= 15 is 0 Å². The van der Waals surface area contributed by atoms with Crippen LogP contribution in [0.15, 0.2) is 0 Å². The number of ether oxygens (including phenoxy) is 1. The maximum Gasteiger partial charge on any atom is 0.0534 e. The zero-order valence-electron chi connectivity index (χ0n) is 7.01. The first-order chi connectivity index (χ1) is 5.35. The van der Waals surface area contributed by atoms with E-state index in [0.29, 0.717) is 5.41 Å². The molecule has 1 aliphatic carbocycles. The van der Waals surface area contributed by atoms with Crippen molar-refractivity contribution in [3.63, 3.8) is 0 Å². The topological polar surface area (TPSA) is 35.2 Å². The molecule has 2 unspecified atom stereocenters. The van der Waals surface area contributed by atoms with Crippen molar-refractivity contribution >= 4 is 0 Å². The molecule has 1 saturated heterocycles. The number of nitrogens with two attached hydrogens (primary N) is 1. The van der Waals surface area contributed by atoms with E-state index in [2.05, 4.69) is 0 Å². The highest BCUT2D eigenvalue weighted by Gasteiger charge is 2.38. The van der Waals surface area contributed by atoms with Gasteiger partial charge in [-0.3, -0.25) is 0 Å². The van der Waals surface area contributed by atoms with E-state index in [0.717, 1.165) is 25.7 Å². The van der Waals surface area contributed by atoms with E-state index < -0.39 is 0 Å². The second-order valence-electron chi connectivity index (χ2n) is 4.18. The van der Waals surface area contributed by atoms with Gasteiger partial charge in [-0.15, -0.1) is 0 Å². The highest BCUT2D eigenvalue weighted by molar-refractivity contribution is 4.89. The zero-order chi connectivity index (χ0) is 7.73. The van der Waals surface area contributed by atoms with E-state index in [1.54, 1.807) is 0 Å². The van der Waals surface area contributed by atoms with Crippen LogP contribution >= 0.6 is 0 Å². The molecular weight excluding hydrogens is 138 g/mol. The van der Waals surface area contributed by atoms with Crippen LogP contribution in [-0.4, -0.2) is 19.8 Å². The molecule has 0 radical (unpaired) electrons. The van der Waals surface area contributed by atoms with Crippen LogP contribution in [0.5, 0.6) is 0 Å². The molecule has 0 amide bonds. The Bertz CT molecular complexity index is 136. The quantitative estimate of drug-likeness (QED) is 0.616. The first-order valence-electron chi connectivity index (χ1n) is 4.62. The molecule has 0 aromatic carbocycles. The lowest BCUT2D eigenvalue weighted by molar-refractivity contribution is -0.0649. The fraction of sp³-hybridized carbons (Fsp3) is 1.00. The summed E-state index contributed by atoms with van der Waals surface area (Å²) >= 11 is 0. The van der Waals surface area contributed by atoms with Crippen molar-refractivity contribution in [1.29, 1.82) is 0 Å². The van der Waals surface area contributed by atoms with Crippen LogP contribution in [0.3, 0.4) is 0 Å². The molecular formula is C9H17NO. The smallest absolute Gasteiger partial charge is 0.0534 e. The molecule has 2 N–H and O–H groups in total. The van der Waals surface area contributed by atoms with Crippen molar-refractivity contribution in [1.82, 2.24) is 0 Å². The van der Waals surface area contributed by atoms with Crippen LogP contribution in [0.1, 0.15) is 25.7 Å². The summed E-state index contributed by atoms with van der Waals surface area (Å²) in [6.07, 6.45) is 5.34. The predicted octanol–water partition coefficient (Wildman–Crippen LogP) is 1.15. The third-order valence-corrected chi connectivity index (χ3v) is 3.24. The minimum Gasteiger partial charge on any atom is -0.381 e. The van der Waals surface area contributed by atoms with Gasteiger partial charge in [0.05, 0.1) is 6.61 Å².